The number of benzene rings is 1. The van der Waals surface area contributed by atoms with Crippen molar-refractivity contribution in [1.82, 2.24) is 0 Å². The second kappa shape index (κ2) is 5.03. The van der Waals surface area contributed by atoms with E-state index in [0.29, 0.717) is 5.25 Å². The highest BCUT2D eigenvalue weighted by molar-refractivity contribution is 8.00. The minimum absolute atomic E-state index is 0.196. The summed E-state index contributed by atoms with van der Waals surface area (Å²) in [7, 11) is 0. The molecule has 0 fully saturated rings. The van der Waals surface area contributed by atoms with Crippen LogP contribution in [0, 0.1) is 5.41 Å². The number of aliphatic hydroxyl groups is 1. The molecule has 94 valence electrons. The summed E-state index contributed by atoms with van der Waals surface area (Å²) in [6.45, 7) is 6.42. The predicted molar refractivity (Wildman–Crippen MR) is 74.5 cm³/mol. The molecule has 0 spiro atoms. The van der Waals surface area contributed by atoms with Crippen molar-refractivity contribution in [3.05, 3.63) is 29.8 Å². The van der Waals surface area contributed by atoms with Gasteiger partial charge in [-0.25, -0.2) is 0 Å². The molecule has 2 rings (SSSR count). The third kappa shape index (κ3) is 3.49. The standard InChI is InChI=1S/C15H22OS/c1-11(16)9-15(2,3)10-13-8-12-6-4-5-7-14(12)17-13/h4-7,11,13,16H,8-10H2,1-3H3. The molecule has 0 saturated heterocycles. The Hall–Kier alpha value is -0.470. The van der Waals surface area contributed by atoms with Crippen molar-refractivity contribution in [1.29, 1.82) is 0 Å². The first-order chi connectivity index (χ1) is 7.96. The summed E-state index contributed by atoms with van der Waals surface area (Å²) in [5.74, 6) is 0. The van der Waals surface area contributed by atoms with Crippen LogP contribution < -0.4 is 0 Å². The van der Waals surface area contributed by atoms with Gasteiger partial charge in [0.05, 0.1) is 6.10 Å². The molecule has 0 radical (unpaired) electrons. The average Bonchev–Trinajstić information content (AvgIpc) is 2.55. The molecule has 1 aromatic rings. The topological polar surface area (TPSA) is 20.2 Å². The molecule has 1 aliphatic heterocycles. The van der Waals surface area contributed by atoms with Gasteiger partial charge >= 0.3 is 0 Å². The maximum absolute atomic E-state index is 9.53. The maximum atomic E-state index is 9.53. The van der Waals surface area contributed by atoms with Crippen LogP contribution in [0.5, 0.6) is 0 Å². The Morgan fingerprint density at radius 1 is 1.41 bits per heavy atom. The number of aliphatic hydroxyl groups excluding tert-OH is 1. The van der Waals surface area contributed by atoms with Gasteiger partial charge in [0.25, 0.3) is 0 Å². The van der Waals surface area contributed by atoms with Crippen molar-refractivity contribution in [2.24, 2.45) is 5.41 Å². The van der Waals surface area contributed by atoms with E-state index in [4.69, 9.17) is 0 Å². The molecule has 2 atom stereocenters. The fourth-order valence-corrected chi connectivity index (χ4v) is 4.48. The predicted octanol–water partition coefficient (Wildman–Crippen LogP) is 3.89. The summed E-state index contributed by atoms with van der Waals surface area (Å²) in [6, 6.07) is 8.71. The van der Waals surface area contributed by atoms with E-state index < -0.39 is 0 Å². The van der Waals surface area contributed by atoms with Crippen LogP contribution >= 0.6 is 11.8 Å². The molecule has 0 aromatic heterocycles. The van der Waals surface area contributed by atoms with E-state index in [2.05, 4.69) is 38.1 Å². The third-order valence-corrected chi connectivity index (χ3v) is 4.66. The van der Waals surface area contributed by atoms with Crippen LogP contribution in [0.4, 0.5) is 0 Å². The lowest BCUT2D eigenvalue weighted by Gasteiger charge is -2.28. The fourth-order valence-electron chi connectivity index (χ4n) is 2.87. The lowest BCUT2D eigenvalue weighted by atomic mass is 9.81. The van der Waals surface area contributed by atoms with Gasteiger partial charge in [0.15, 0.2) is 0 Å². The maximum Gasteiger partial charge on any atom is 0.0517 e. The summed E-state index contributed by atoms with van der Waals surface area (Å²) < 4.78 is 0. The van der Waals surface area contributed by atoms with Crippen molar-refractivity contribution in [3.8, 4) is 0 Å². The smallest absolute Gasteiger partial charge is 0.0517 e. The number of fused-ring (bicyclic) bond motifs is 1. The first kappa shape index (κ1) is 13.0. The van der Waals surface area contributed by atoms with Crippen LogP contribution in [0.25, 0.3) is 0 Å². The first-order valence-corrected chi connectivity index (χ1v) is 7.27. The Morgan fingerprint density at radius 3 is 2.76 bits per heavy atom. The normalized spacial score (nSPS) is 21.3. The van der Waals surface area contributed by atoms with Crippen molar-refractivity contribution >= 4 is 11.8 Å². The third-order valence-electron chi connectivity index (χ3n) is 3.34. The fraction of sp³-hybridized carbons (Fsp3) is 0.600. The first-order valence-electron chi connectivity index (χ1n) is 6.39. The largest absolute Gasteiger partial charge is 0.393 e. The highest BCUT2D eigenvalue weighted by Gasteiger charge is 2.29. The number of hydrogen-bond acceptors (Lipinski definition) is 2. The number of rotatable bonds is 4. The van der Waals surface area contributed by atoms with Crippen LogP contribution in [0.1, 0.15) is 39.2 Å². The molecule has 17 heavy (non-hydrogen) atoms. The van der Waals surface area contributed by atoms with Gasteiger partial charge in [-0.1, -0.05) is 32.0 Å². The Balaban J connectivity index is 1.95. The highest BCUT2D eigenvalue weighted by atomic mass is 32.2. The molecule has 0 bridgehead atoms. The second-order valence-electron chi connectivity index (χ2n) is 5.97. The van der Waals surface area contributed by atoms with E-state index in [1.807, 2.05) is 18.7 Å². The van der Waals surface area contributed by atoms with Gasteiger partial charge in [0.1, 0.15) is 0 Å². The van der Waals surface area contributed by atoms with E-state index in [1.54, 1.807) is 0 Å². The zero-order valence-corrected chi connectivity index (χ0v) is 11.8. The summed E-state index contributed by atoms with van der Waals surface area (Å²) in [6.07, 6.45) is 3.06. The molecule has 1 aromatic carbocycles. The van der Waals surface area contributed by atoms with Gasteiger partial charge < -0.3 is 5.11 Å². The molecule has 0 saturated carbocycles. The summed E-state index contributed by atoms with van der Waals surface area (Å²) >= 11 is 2.01. The zero-order chi connectivity index (χ0) is 12.5. The van der Waals surface area contributed by atoms with Crippen LogP contribution in [0.2, 0.25) is 0 Å². The molecular formula is C15H22OS. The van der Waals surface area contributed by atoms with Crippen molar-refractivity contribution in [3.63, 3.8) is 0 Å². The zero-order valence-electron chi connectivity index (χ0n) is 10.9. The SMILES string of the molecule is CC(O)CC(C)(C)CC1Cc2ccccc2S1. The molecule has 0 amide bonds. The Bertz CT molecular complexity index is 359. The average molecular weight is 250 g/mol. The molecule has 1 nitrogen and oxygen atoms in total. The number of thioether (sulfide) groups is 1. The summed E-state index contributed by atoms with van der Waals surface area (Å²) in [5.41, 5.74) is 1.73. The van der Waals surface area contributed by atoms with Gasteiger partial charge in [-0.15, -0.1) is 11.8 Å². The molecule has 1 aliphatic rings. The molecule has 1 heterocycles. The minimum Gasteiger partial charge on any atom is -0.393 e. The number of hydrogen-bond donors (Lipinski definition) is 1. The Labute approximate surface area is 109 Å². The molecule has 2 heteroatoms. The van der Waals surface area contributed by atoms with Crippen LogP contribution in [0.15, 0.2) is 29.2 Å². The summed E-state index contributed by atoms with van der Waals surface area (Å²) in [4.78, 5) is 1.45. The minimum atomic E-state index is -0.196. The lowest BCUT2D eigenvalue weighted by molar-refractivity contribution is 0.124. The Kier molecular flexibility index (Phi) is 3.84. The Morgan fingerprint density at radius 2 is 2.12 bits per heavy atom. The lowest BCUT2D eigenvalue weighted by Crippen LogP contribution is -2.23. The molecule has 0 aliphatic carbocycles. The van der Waals surface area contributed by atoms with Gasteiger partial charge in [-0.3, -0.25) is 0 Å². The van der Waals surface area contributed by atoms with Gasteiger partial charge in [0, 0.05) is 10.1 Å². The van der Waals surface area contributed by atoms with Gasteiger partial charge in [-0.2, -0.15) is 0 Å². The van der Waals surface area contributed by atoms with Gasteiger partial charge in [0.2, 0.25) is 0 Å². The molecular weight excluding hydrogens is 228 g/mol. The molecule has 1 N–H and O–H groups in total. The van der Waals surface area contributed by atoms with Crippen LogP contribution in [-0.4, -0.2) is 16.5 Å². The van der Waals surface area contributed by atoms with E-state index in [-0.39, 0.29) is 11.5 Å². The van der Waals surface area contributed by atoms with E-state index in [0.717, 1.165) is 6.42 Å². The quantitative estimate of drug-likeness (QED) is 0.875. The van der Waals surface area contributed by atoms with Crippen molar-refractivity contribution in [2.45, 2.75) is 56.3 Å². The van der Waals surface area contributed by atoms with Crippen LogP contribution in [0.3, 0.4) is 0 Å². The van der Waals surface area contributed by atoms with Crippen molar-refractivity contribution in [2.75, 3.05) is 0 Å². The van der Waals surface area contributed by atoms with Crippen molar-refractivity contribution < 1.29 is 5.11 Å². The van der Waals surface area contributed by atoms with E-state index in [1.165, 1.54) is 23.3 Å². The van der Waals surface area contributed by atoms with Crippen LogP contribution in [-0.2, 0) is 6.42 Å². The summed E-state index contributed by atoms with van der Waals surface area (Å²) in [5, 5.41) is 10.2. The highest BCUT2D eigenvalue weighted by Crippen LogP contribution is 2.43. The van der Waals surface area contributed by atoms with Gasteiger partial charge in [-0.05, 0) is 43.2 Å². The van der Waals surface area contributed by atoms with E-state index >= 15 is 0 Å². The second-order valence-corrected chi connectivity index (χ2v) is 7.32. The van der Waals surface area contributed by atoms with E-state index in [9.17, 15) is 5.11 Å². The monoisotopic (exact) mass is 250 g/mol. The molecule has 2 unspecified atom stereocenters.